The van der Waals surface area contributed by atoms with Gasteiger partial charge < -0.3 is 5.32 Å². The van der Waals surface area contributed by atoms with E-state index in [-0.39, 0.29) is 0 Å². The molecule has 0 aromatic rings. The molecule has 2 aliphatic carbocycles. The average Bonchev–Trinajstić information content (AvgIpc) is 3.15. The molecule has 2 fully saturated rings. The molecular weight excluding hydrogens is 194 g/mol. The number of allylic oxidation sites excluding steroid dienone is 3. The highest BCUT2D eigenvalue weighted by Gasteiger charge is 2.36. The Kier molecular flexibility index (Phi) is 4.09. The Hall–Kier alpha value is -0.720. The van der Waals surface area contributed by atoms with E-state index < -0.39 is 0 Å². The van der Waals surface area contributed by atoms with Crippen LogP contribution in [0.5, 0.6) is 0 Å². The van der Waals surface area contributed by atoms with Crippen molar-refractivity contribution in [1.29, 1.82) is 0 Å². The summed E-state index contributed by atoms with van der Waals surface area (Å²) in [6.45, 7) is 7.48. The van der Waals surface area contributed by atoms with Crippen LogP contribution in [-0.2, 0) is 0 Å². The molecule has 0 amide bonds. The van der Waals surface area contributed by atoms with Gasteiger partial charge in [0.15, 0.2) is 0 Å². The van der Waals surface area contributed by atoms with Crippen LogP contribution in [0.2, 0.25) is 0 Å². The minimum absolute atomic E-state index is 0.810. The van der Waals surface area contributed by atoms with E-state index in [0.717, 1.165) is 17.8 Å². The molecule has 0 radical (unpaired) electrons. The third-order valence-corrected chi connectivity index (χ3v) is 3.84. The summed E-state index contributed by atoms with van der Waals surface area (Å²) in [5.41, 5.74) is 1.30. The van der Waals surface area contributed by atoms with Crippen molar-refractivity contribution in [3.63, 3.8) is 0 Å². The molecule has 2 atom stereocenters. The summed E-state index contributed by atoms with van der Waals surface area (Å²) in [5, 5.41) is 3.53. The van der Waals surface area contributed by atoms with Gasteiger partial charge in [-0.25, -0.2) is 0 Å². The Labute approximate surface area is 100 Å². The zero-order valence-corrected chi connectivity index (χ0v) is 10.5. The average molecular weight is 219 g/mol. The van der Waals surface area contributed by atoms with Crippen LogP contribution in [0.25, 0.3) is 0 Å². The van der Waals surface area contributed by atoms with Gasteiger partial charge in [0.05, 0.1) is 0 Å². The maximum Gasteiger partial charge on any atom is 0.0174 e. The van der Waals surface area contributed by atoms with Gasteiger partial charge in [0, 0.05) is 12.2 Å². The molecule has 1 nitrogen and oxygen atoms in total. The van der Waals surface area contributed by atoms with Gasteiger partial charge in [0.2, 0.25) is 0 Å². The topological polar surface area (TPSA) is 12.0 Å². The number of hydrogen-bond donors (Lipinski definition) is 1. The maximum atomic E-state index is 4.11. The van der Waals surface area contributed by atoms with Crippen molar-refractivity contribution in [3.8, 4) is 0 Å². The molecule has 0 spiro atoms. The van der Waals surface area contributed by atoms with Gasteiger partial charge in [-0.15, -0.1) is 0 Å². The largest absolute Gasteiger partial charge is 0.388 e. The molecule has 2 rings (SSSR count). The summed E-state index contributed by atoms with van der Waals surface area (Å²) in [4.78, 5) is 0. The third-order valence-electron chi connectivity index (χ3n) is 3.84. The van der Waals surface area contributed by atoms with E-state index in [1.807, 2.05) is 0 Å². The lowest BCUT2D eigenvalue weighted by atomic mass is 10.1. The minimum atomic E-state index is 0.810. The van der Waals surface area contributed by atoms with Crippen molar-refractivity contribution in [2.75, 3.05) is 6.54 Å². The van der Waals surface area contributed by atoms with E-state index in [4.69, 9.17) is 0 Å². The molecular formula is C15H25N. The fourth-order valence-electron chi connectivity index (χ4n) is 2.35. The highest BCUT2D eigenvalue weighted by molar-refractivity contribution is 5.06. The Morgan fingerprint density at radius 3 is 2.81 bits per heavy atom. The molecule has 1 N–H and O–H groups in total. The lowest BCUT2D eigenvalue weighted by Crippen LogP contribution is -2.17. The predicted molar refractivity (Wildman–Crippen MR) is 70.1 cm³/mol. The van der Waals surface area contributed by atoms with Crippen LogP contribution in [-0.4, -0.2) is 6.54 Å². The molecule has 0 aliphatic heterocycles. The van der Waals surface area contributed by atoms with E-state index in [0.29, 0.717) is 0 Å². The SMILES string of the molecule is C=C(NCC1CC1CC/C=C\CC)C1CC1. The maximum absolute atomic E-state index is 4.11. The third kappa shape index (κ3) is 3.70. The summed E-state index contributed by atoms with van der Waals surface area (Å²) < 4.78 is 0. The first-order chi connectivity index (χ1) is 7.81. The summed E-state index contributed by atoms with van der Waals surface area (Å²) in [7, 11) is 0. The molecule has 0 heterocycles. The molecule has 2 saturated carbocycles. The fourth-order valence-corrected chi connectivity index (χ4v) is 2.35. The summed E-state index contributed by atoms with van der Waals surface area (Å²) >= 11 is 0. The molecule has 0 saturated heterocycles. The molecule has 16 heavy (non-hydrogen) atoms. The second-order valence-corrected chi connectivity index (χ2v) is 5.39. The van der Waals surface area contributed by atoms with Crippen molar-refractivity contribution in [1.82, 2.24) is 5.32 Å². The first-order valence-electron chi connectivity index (χ1n) is 6.89. The second kappa shape index (κ2) is 5.56. The first kappa shape index (κ1) is 11.8. The zero-order valence-electron chi connectivity index (χ0n) is 10.5. The highest BCUT2D eigenvalue weighted by atomic mass is 14.9. The van der Waals surface area contributed by atoms with Crippen LogP contribution >= 0.6 is 0 Å². The smallest absolute Gasteiger partial charge is 0.0174 e. The van der Waals surface area contributed by atoms with E-state index in [1.54, 1.807) is 0 Å². The van der Waals surface area contributed by atoms with Crippen molar-refractivity contribution in [2.45, 2.75) is 45.4 Å². The van der Waals surface area contributed by atoms with E-state index >= 15 is 0 Å². The molecule has 2 aliphatic rings. The van der Waals surface area contributed by atoms with E-state index in [2.05, 4.69) is 31.0 Å². The second-order valence-electron chi connectivity index (χ2n) is 5.39. The Morgan fingerprint density at radius 1 is 1.31 bits per heavy atom. The fraction of sp³-hybridized carbons (Fsp3) is 0.733. The Morgan fingerprint density at radius 2 is 2.12 bits per heavy atom. The van der Waals surface area contributed by atoms with Gasteiger partial charge >= 0.3 is 0 Å². The molecule has 2 unspecified atom stereocenters. The normalized spacial score (nSPS) is 28.3. The molecule has 0 aromatic carbocycles. The summed E-state index contributed by atoms with van der Waals surface area (Å²) in [6.07, 6.45) is 12.6. The summed E-state index contributed by atoms with van der Waals surface area (Å²) in [5.74, 6) is 2.73. The van der Waals surface area contributed by atoms with Crippen molar-refractivity contribution < 1.29 is 0 Å². The predicted octanol–water partition coefficient (Wildman–Crippen LogP) is 3.88. The van der Waals surface area contributed by atoms with Crippen LogP contribution < -0.4 is 5.32 Å². The van der Waals surface area contributed by atoms with Crippen molar-refractivity contribution in [3.05, 3.63) is 24.4 Å². The standard InChI is InChI=1S/C15H25N/c1-3-4-5-6-7-14-10-15(14)11-16-12(2)13-8-9-13/h4-5,13-16H,2-3,6-11H2,1H3/b5-4-. The van der Waals surface area contributed by atoms with Gasteiger partial charge in [-0.1, -0.05) is 25.7 Å². The van der Waals surface area contributed by atoms with Crippen LogP contribution in [0.4, 0.5) is 0 Å². The number of hydrogen-bond acceptors (Lipinski definition) is 1. The number of rotatable bonds is 8. The highest BCUT2D eigenvalue weighted by Crippen LogP contribution is 2.42. The van der Waals surface area contributed by atoms with Gasteiger partial charge in [-0.3, -0.25) is 0 Å². The quantitative estimate of drug-likeness (QED) is 0.611. The van der Waals surface area contributed by atoms with Gasteiger partial charge in [0.1, 0.15) is 0 Å². The molecule has 90 valence electrons. The van der Waals surface area contributed by atoms with Gasteiger partial charge in [-0.2, -0.15) is 0 Å². The van der Waals surface area contributed by atoms with Crippen LogP contribution in [0, 0.1) is 17.8 Å². The van der Waals surface area contributed by atoms with Crippen LogP contribution in [0.3, 0.4) is 0 Å². The molecule has 1 heteroatoms. The lowest BCUT2D eigenvalue weighted by molar-refractivity contribution is 0.606. The van der Waals surface area contributed by atoms with Gasteiger partial charge in [0.25, 0.3) is 0 Å². The van der Waals surface area contributed by atoms with Crippen LogP contribution in [0.15, 0.2) is 24.4 Å². The zero-order chi connectivity index (χ0) is 11.4. The Bertz CT molecular complexity index is 263. The molecule has 0 aromatic heterocycles. The van der Waals surface area contributed by atoms with E-state index in [1.165, 1.54) is 50.8 Å². The minimum Gasteiger partial charge on any atom is -0.388 e. The lowest BCUT2D eigenvalue weighted by Gasteiger charge is -2.07. The Balaban J connectivity index is 1.50. The van der Waals surface area contributed by atoms with Gasteiger partial charge in [-0.05, 0) is 56.3 Å². The summed E-state index contributed by atoms with van der Waals surface area (Å²) in [6, 6.07) is 0. The first-order valence-corrected chi connectivity index (χ1v) is 6.89. The number of nitrogens with one attached hydrogen (secondary N) is 1. The van der Waals surface area contributed by atoms with Crippen molar-refractivity contribution >= 4 is 0 Å². The van der Waals surface area contributed by atoms with Crippen LogP contribution in [0.1, 0.15) is 45.4 Å². The van der Waals surface area contributed by atoms with E-state index in [9.17, 15) is 0 Å². The van der Waals surface area contributed by atoms with Crippen molar-refractivity contribution in [2.24, 2.45) is 17.8 Å². The molecule has 0 bridgehead atoms. The monoisotopic (exact) mass is 219 g/mol.